The zero-order chi connectivity index (χ0) is 13.4. The quantitative estimate of drug-likeness (QED) is 0.918. The summed E-state index contributed by atoms with van der Waals surface area (Å²) in [6, 6.07) is 7.22. The van der Waals surface area contributed by atoms with Crippen molar-refractivity contribution in [3.63, 3.8) is 0 Å². The van der Waals surface area contributed by atoms with Crippen LogP contribution >= 0.6 is 23.2 Å². The molecular weight excluding hydrogens is 279 g/mol. The fourth-order valence-electron chi connectivity index (χ4n) is 2.86. The molecule has 2 atom stereocenters. The van der Waals surface area contributed by atoms with Crippen LogP contribution in [0.2, 0.25) is 10.0 Å². The van der Waals surface area contributed by atoms with Crippen LogP contribution in [0.15, 0.2) is 18.2 Å². The molecule has 1 aromatic rings. The smallest absolute Gasteiger partial charge is 0.0595 e. The van der Waals surface area contributed by atoms with E-state index in [0.717, 1.165) is 25.6 Å². The van der Waals surface area contributed by atoms with Gasteiger partial charge in [0, 0.05) is 31.7 Å². The number of halogens is 2. The van der Waals surface area contributed by atoms with Crippen LogP contribution in [0.3, 0.4) is 0 Å². The molecule has 0 bridgehead atoms. The van der Waals surface area contributed by atoms with E-state index in [9.17, 15) is 0 Å². The molecule has 0 radical (unpaired) electrons. The maximum atomic E-state index is 6.09. The van der Waals surface area contributed by atoms with Crippen LogP contribution in [-0.4, -0.2) is 30.1 Å². The third-order valence-corrected chi connectivity index (χ3v) is 5.03. The molecule has 1 saturated heterocycles. The van der Waals surface area contributed by atoms with Crippen molar-refractivity contribution in [2.24, 2.45) is 5.92 Å². The summed E-state index contributed by atoms with van der Waals surface area (Å²) >= 11 is 12.1. The van der Waals surface area contributed by atoms with Crippen LogP contribution in [-0.2, 0) is 6.54 Å². The van der Waals surface area contributed by atoms with Gasteiger partial charge in [-0.1, -0.05) is 29.3 Å². The lowest BCUT2D eigenvalue weighted by Crippen LogP contribution is -2.55. The second kappa shape index (κ2) is 5.61. The molecule has 2 aliphatic rings. The number of hydrogen-bond donors (Lipinski definition) is 1. The van der Waals surface area contributed by atoms with Gasteiger partial charge in [0.1, 0.15) is 0 Å². The Morgan fingerprint density at radius 1 is 1.26 bits per heavy atom. The summed E-state index contributed by atoms with van der Waals surface area (Å²) in [5, 5.41) is 4.97. The van der Waals surface area contributed by atoms with Crippen LogP contribution in [0, 0.1) is 5.92 Å². The predicted molar refractivity (Wildman–Crippen MR) is 80.8 cm³/mol. The minimum absolute atomic E-state index is 0.574. The van der Waals surface area contributed by atoms with E-state index in [4.69, 9.17) is 23.2 Å². The summed E-state index contributed by atoms with van der Waals surface area (Å²) in [7, 11) is 0. The van der Waals surface area contributed by atoms with Gasteiger partial charge in [-0.2, -0.15) is 0 Å². The first-order valence-electron chi connectivity index (χ1n) is 7.05. The van der Waals surface area contributed by atoms with Gasteiger partial charge in [-0.25, -0.2) is 0 Å². The summed E-state index contributed by atoms with van der Waals surface area (Å²) < 4.78 is 0. The molecule has 3 rings (SSSR count). The number of hydrogen-bond acceptors (Lipinski definition) is 2. The second-order valence-electron chi connectivity index (χ2n) is 5.88. The molecule has 1 N–H and O–H groups in total. The first-order valence-corrected chi connectivity index (χ1v) is 7.80. The van der Waals surface area contributed by atoms with Crippen molar-refractivity contribution in [2.45, 2.75) is 38.4 Å². The summed E-state index contributed by atoms with van der Waals surface area (Å²) in [6.45, 7) is 5.48. The molecule has 104 valence electrons. The molecule has 1 heterocycles. The average molecular weight is 299 g/mol. The molecule has 0 amide bonds. The Hall–Kier alpha value is -0.280. The Morgan fingerprint density at radius 3 is 2.74 bits per heavy atom. The van der Waals surface area contributed by atoms with E-state index in [1.165, 1.54) is 18.4 Å². The Kier molecular flexibility index (Phi) is 4.04. The van der Waals surface area contributed by atoms with Crippen molar-refractivity contribution in [1.82, 2.24) is 10.2 Å². The molecule has 2 unspecified atom stereocenters. The van der Waals surface area contributed by atoms with Crippen molar-refractivity contribution in [1.29, 1.82) is 0 Å². The third kappa shape index (κ3) is 3.25. The van der Waals surface area contributed by atoms with Crippen molar-refractivity contribution >= 4 is 23.2 Å². The Morgan fingerprint density at radius 2 is 2.05 bits per heavy atom. The molecule has 1 aliphatic heterocycles. The largest absolute Gasteiger partial charge is 0.311 e. The molecule has 1 aromatic carbocycles. The molecule has 0 aromatic heterocycles. The normalized spacial score (nSPS) is 28.6. The molecule has 4 heteroatoms. The summed E-state index contributed by atoms with van der Waals surface area (Å²) in [4.78, 5) is 2.55. The van der Waals surface area contributed by atoms with E-state index in [1.54, 1.807) is 0 Å². The van der Waals surface area contributed by atoms with Crippen molar-refractivity contribution in [3.05, 3.63) is 33.8 Å². The van der Waals surface area contributed by atoms with Crippen molar-refractivity contribution < 1.29 is 0 Å². The van der Waals surface area contributed by atoms with Gasteiger partial charge < -0.3 is 5.32 Å². The molecular formula is C15H20Cl2N2. The molecule has 0 spiro atoms. The Balaban J connectivity index is 1.67. The topological polar surface area (TPSA) is 15.3 Å². The van der Waals surface area contributed by atoms with Gasteiger partial charge in [0.05, 0.1) is 10.0 Å². The molecule has 19 heavy (non-hydrogen) atoms. The second-order valence-corrected chi connectivity index (χ2v) is 6.69. The highest BCUT2D eigenvalue weighted by Gasteiger charge is 2.35. The number of nitrogens with zero attached hydrogens (tertiary/aromatic N) is 1. The van der Waals surface area contributed by atoms with E-state index in [0.29, 0.717) is 22.1 Å². The third-order valence-electron chi connectivity index (χ3n) is 4.29. The van der Waals surface area contributed by atoms with Crippen LogP contribution < -0.4 is 5.32 Å². The van der Waals surface area contributed by atoms with Gasteiger partial charge >= 0.3 is 0 Å². The van der Waals surface area contributed by atoms with Gasteiger partial charge in [0.2, 0.25) is 0 Å². The predicted octanol–water partition coefficient (Wildman–Crippen LogP) is 3.57. The maximum absolute atomic E-state index is 6.09. The minimum Gasteiger partial charge on any atom is -0.311 e. The Labute approximate surface area is 125 Å². The summed E-state index contributed by atoms with van der Waals surface area (Å²) in [5.74, 6) is 0.906. The van der Waals surface area contributed by atoms with E-state index >= 15 is 0 Å². The van der Waals surface area contributed by atoms with Crippen LogP contribution in [0.4, 0.5) is 0 Å². The van der Waals surface area contributed by atoms with Crippen molar-refractivity contribution in [3.8, 4) is 0 Å². The van der Waals surface area contributed by atoms with Crippen molar-refractivity contribution in [2.75, 3.05) is 13.1 Å². The monoisotopic (exact) mass is 298 g/mol. The number of rotatable bonds is 3. The first-order chi connectivity index (χ1) is 9.13. The maximum Gasteiger partial charge on any atom is 0.0595 e. The van der Waals surface area contributed by atoms with E-state index in [1.807, 2.05) is 12.1 Å². The zero-order valence-corrected chi connectivity index (χ0v) is 12.7. The summed E-state index contributed by atoms with van der Waals surface area (Å²) in [5.41, 5.74) is 1.25. The molecule has 2 nitrogen and oxygen atoms in total. The van der Waals surface area contributed by atoms with Crippen LogP contribution in [0.1, 0.15) is 25.3 Å². The lowest BCUT2D eigenvalue weighted by molar-refractivity contribution is 0.125. The molecule has 1 saturated carbocycles. The highest BCUT2D eigenvalue weighted by Crippen LogP contribution is 2.34. The lowest BCUT2D eigenvalue weighted by atomic mass is 10.1. The van der Waals surface area contributed by atoms with Gasteiger partial charge in [0.25, 0.3) is 0 Å². The lowest BCUT2D eigenvalue weighted by Gasteiger charge is -2.39. The standard InChI is InChI=1S/C15H20Cl2N2/c1-10-7-18-15(12-3-4-12)9-19(10)8-11-2-5-13(16)14(17)6-11/h2,5-6,10,12,15,18H,3-4,7-9H2,1H3. The Bertz CT molecular complexity index is 459. The van der Waals surface area contributed by atoms with Gasteiger partial charge in [-0.3, -0.25) is 4.90 Å². The van der Waals surface area contributed by atoms with Gasteiger partial charge in [0.15, 0.2) is 0 Å². The van der Waals surface area contributed by atoms with E-state index in [2.05, 4.69) is 23.2 Å². The van der Waals surface area contributed by atoms with Crippen LogP contribution in [0.5, 0.6) is 0 Å². The fraction of sp³-hybridized carbons (Fsp3) is 0.600. The fourth-order valence-corrected chi connectivity index (χ4v) is 3.18. The minimum atomic E-state index is 0.574. The number of piperazine rings is 1. The summed E-state index contributed by atoms with van der Waals surface area (Å²) in [6.07, 6.45) is 2.79. The molecule has 1 aliphatic carbocycles. The van der Waals surface area contributed by atoms with Crippen LogP contribution in [0.25, 0.3) is 0 Å². The molecule has 2 fully saturated rings. The van der Waals surface area contributed by atoms with E-state index < -0.39 is 0 Å². The highest BCUT2D eigenvalue weighted by molar-refractivity contribution is 6.42. The number of benzene rings is 1. The highest BCUT2D eigenvalue weighted by atomic mass is 35.5. The first kappa shape index (κ1) is 13.7. The average Bonchev–Trinajstić information content (AvgIpc) is 3.21. The zero-order valence-electron chi connectivity index (χ0n) is 11.2. The SMILES string of the molecule is CC1CNC(C2CC2)CN1Cc1ccc(Cl)c(Cl)c1. The van der Waals surface area contributed by atoms with Gasteiger partial charge in [-0.15, -0.1) is 0 Å². The number of nitrogens with one attached hydrogen (secondary N) is 1. The van der Waals surface area contributed by atoms with E-state index in [-0.39, 0.29) is 0 Å². The van der Waals surface area contributed by atoms with Gasteiger partial charge in [-0.05, 0) is 43.4 Å².